The Bertz CT molecular complexity index is 1900. The van der Waals surface area contributed by atoms with E-state index < -0.39 is 65.2 Å². The van der Waals surface area contributed by atoms with Gasteiger partial charge in [-0.25, -0.2) is 28.0 Å². The van der Waals surface area contributed by atoms with Gasteiger partial charge in [-0.05, 0) is 24.6 Å². The number of nitrogens with two attached hydrogens (primary N) is 1. The number of imidazole rings is 1. The highest BCUT2D eigenvalue weighted by Crippen LogP contribution is 2.66. The molecule has 3 saturated heterocycles. The van der Waals surface area contributed by atoms with Crippen molar-refractivity contribution in [2.75, 3.05) is 31.2 Å². The molecule has 53 heavy (non-hydrogen) atoms. The van der Waals surface area contributed by atoms with Gasteiger partial charge in [0.05, 0.1) is 25.0 Å². The number of phosphoric acid groups is 2. The van der Waals surface area contributed by atoms with Crippen molar-refractivity contribution in [3.05, 3.63) is 16.7 Å². The summed E-state index contributed by atoms with van der Waals surface area (Å²) in [5.74, 6) is 0.253. The highest BCUT2D eigenvalue weighted by molar-refractivity contribution is 8.08. The fourth-order valence-electron chi connectivity index (χ4n) is 5.72. The van der Waals surface area contributed by atoms with E-state index in [2.05, 4.69) is 56.6 Å². The first-order chi connectivity index (χ1) is 24.8. The third kappa shape index (κ3) is 11.2. The minimum absolute atomic E-state index is 0.000715. The lowest BCUT2D eigenvalue weighted by atomic mass is 10.0. The summed E-state index contributed by atoms with van der Waals surface area (Å²) in [5.41, 5.74) is 4.52. The third-order valence-electron chi connectivity index (χ3n) is 7.89. The van der Waals surface area contributed by atoms with E-state index in [-0.39, 0.29) is 65.9 Å². The third-order valence-corrected chi connectivity index (χ3v) is 13.8. The van der Waals surface area contributed by atoms with Crippen LogP contribution in [-0.2, 0) is 48.4 Å². The van der Waals surface area contributed by atoms with Crippen LogP contribution in [0.4, 0.5) is 15.5 Å². The quantitative estimate of drug-likeness (QED) is 0.0483. The number of fused-ring (bicyclic) bond motifs is 2. The van der Waals surface area contributed by atoms with Gasteiger partial charge in [-0.15, -0.1) is 0 Å². The predicted octanol–water partition coefficient (Wildman–Crippen LogP) is -1.64. The maximum absolute atomic E-state index is 12.7. The molecule has 2 aromatic rings. The molecule has 0 spiro atoms. The van der Waals surface area contributed by atoms with E-state index in [1.54, 1.807) is 11.8 Å². The average Bonchev–Trinajstić information content (AvgIpc) is 3.78. The largest absolute Gasteiger partial charge is 0.488 e. The molecule has 12 N–H and O–H groups in total. The van der Waals surface area contributed by atoms with E-state index in [4.69, 9.17) is 29.5 Å². The number of alkyl carbamates (subject to hydrolysis) is 1. The van der Waals surface area contributed by atoms with Crippen molar-refractivity contribution in [1.29, 1.82) is 0 Å². The molecule has 0 radical (unpaired) electrons. The van der Waals surface area contributed by atoms with Crippen molar-refractivity contribution in [3.8, 4) is 0 Å². The Kier molecular flexibility index (Phi) is 13.3. The zero-order valence-electron chi connectivity index (χ0n) is 27.1. The van der Waals surface area contributed by atoms with E-state index in [9.17, 15) is 43.2 Å². The first kappa shape index (κ1) is 41.4. The Hall–Kier alpha value is -2.74. The van der Waals surface area contributed by atoms with Crippen LogP contribution in [-0.4, -0.2) is 123 Å². The number of carbonyl (C=O) groups excluding carboxylic acids is 3. The monoisotopic (exact) mass is 851 g/mol. The molecule has 0 bridgehead atoms. The summed E-state index contributed by atoms with van der Waals surface area (Å²) >= 11 is 5.83. The summed E-state index contributed by atoms with van der Waals surface area (Å²) in [5, 5.41) is 22.2. The van der Waals surface area contributed by atoms with Gasteiger partial charge in [0.15, 0.2) is 23.5 Å². The highest BCUT2D eigenvalue weighted by atomic mass is 32.5. The molecule has 9 atom stereocenters. The standard InChI is InChI=1S/C23H36N9O16P3S2/c24-21-30-18-15(19(35)31-21)27-9-32(18)20-16(34)17(11(45-20)7-44-49(38,39)47-50(40,41)48-51(42,43)52)46-23(37)26-6-5-25-13(33)4-2-1-3-12-14-10(8-53-12)28-22(36)29-14/h9-12,14,16-17,20,34H,1-8H2,(H,25,33)(H,26,37)(H,38,39)(H,40,41)(H2,28,29,36)(H2,42,43,52)(H3,24,30,31,35)/t10-,11+,12-,14-,16+,17+,20+/m0/s1. The summed E-state index contributed by atoms with van der Waals surface area (Å²) in [6.07, 6.45) is -4.31. The maximum atomic E-state index is 12.7. The topological polar surface area (TPSA) is 370 Å². The number of phosphoric ester groups is 1. The molecule has 4 amide bonds. The summed E-state index contributed by atoms with van der Waals surface area (Å²) in [6, 6.07) is 0.0269. The summed E-state index contributed by atoms with van der Waals surface area (Å²) in [4.78, 5) is 96.7. The number of anilines is 1. The van der Waals surface area contributed by atoms with Gasteiger partial charge in [0.1, 0.15) is 12.2 Å². The average molecular weight is 852 g/mol. The van der Waals surface area contributed by atoms with Gasteiger partial charge >= 0.3 is 34.5 Å². The second-order valence-electron chi connectivity index (χ2n) is 11.7. The molecule has 2 unspecified atom stereocenters. The molecule has 2 aromatic heterocycles. The Morgan fingerprint density at radius 2 is 1.85 bits per heavy atom. The number of nitrogens with one attached hydrogen (secondary N) is 5. The predicted molar refractivity (Wildman–Crippen MR) is 184 cm³/mol. The number of thioether (sulfide) groups is 1. The molecule has 3 aliphatic rings. The minimum atomic E-state index is -5.67. The molecule has 0 aliphatic carbocycles. The first-order valence-electron chi connectivity index (χ1n) is 15.5. The van der Waals surface area contributed by atoms with Crippen LogP contribution in [0.2, 0.25) is 0 Å². The fraction of sp³-hybridized carbons (Fsp3) is 0.652. The Balaban J connectivity index is 1.14. The number of ether oxygens (including phenoxy) is 2. The van der Waals surface area contributed by atoms with Crippen LogP contribution in [0.5, 0.6) is 0 Å². The van der Waals surface area contributed by atoms with E-state index in [0.717, 1.165) is 29.5 Å². The Labute approximate surface area is 307 Å². The number of nitrogens with zero attached hydrogens (tertiary/aromatic N) is 3. The van der Waals surface area contributed by atoms with Gasteiger partial charge in [0.2, 0.25) is 11.9 Å². The van der Waals surface area contributed by atoms with Crippen LogP contribution in [0, 0.1) is 0 Å². The Morgan fingerprint density at radius 3 is 2.58 bits per heavy atom. The SMILES string of the molecule is Nc1nc2c(ncn2[C@@H]2O[C@H](COP(=O)(O)OP(=O)(O)OP(O)(O)=S)[C@@H](OC(=O)NCCNC(=O)CCCC[C@@H]3SC[C@@H]4NC(=O)N[C@@H]43)[C@H]2O)c(=O)[nH]1. The minimum Gasteiger partial charge on any atom is -0.440 e. The van der Waals surface area contributed by atoms with Crippen LogP contribution < -0.4 is 32.6 Å². The first-order valence-corrected chi connectivity index (χ1v) is 22.2. The number of hydrogen-bond donors (Lipinski definition) is 11. The number of H-pyrrole nitrogens is 1. The van der Waals surface area contributed by atoms with E-state index in [1.165, 1.54) is 0 Å². The number of carbonyl (C=O) groups is 3. The molecule has 0 aromatic carbocycles. The van der Waals surface area contributed by atoms with Crippen molar-refractivity contribution in [3.63, 3.8) is 0 Å². The maximum Gasteiger partial charge on any atom is 0.488 e. The normalized spacial score (nSPS) is 27.7. The lowest BCUT2D eigenvalue weighted by Crippen LogP contribution is -2.42. The second-order valence-corrected chi connectivity index (χ2v) is 18.9. The van der Waals surface area contributed by atoms with Crippen molar-refractivity contribution in [1.82, 2.24) is 40.8 Å². The molecule has 3 aliphatic heterocycles. The van der Waals surface area contributed by atoms with Crippen LogP contribution in [0.15, 0.2) is 11.1 Å². The number of hydrogen-bond acceptors (Lipinski definition) is 17. The van der Waals surface area contributed by atoms with Gasteiger partial charge in [0.25, 0.3) is 5.56 Å². The van der Waals surface area contributed by atoms with Gasteiger partial charge in [0, 0.05) is 30.5 Å². The molecule has 3 fully saturated rings. The number of urea groups is 1. The van der Waals surface area contributed by atoms with Gasteiger partial charge in [-0.3, -0.25) is 23.7 Å². The Morgan fingerprint density at radius 1 is 1.11 bits per heavy atom. The molecule has 0 saturated carbocycles. The van der Waals surface area contributed by atoms with Crippen molar-refractivity contribution < 1.29 is 70.8 Å². The van der Waals surface area contributed by atoms with Crippen LogP contribution in [0.1, 0.15) is 31.9 Å². The van der Waals surface area contributed by atoms with E-state index in [1.807, 2.05) is 0 Å². The molecule has 296 valence electrons. The van der Waals surface area contributed by atoms with Crippen molar-refractivity contribution in [2.45, 2.75) is 67.6 Å². The lowest BCUT2D eigenvalue weighted by Gasteiger charge is -2.22. The van der Waals surface area contributed by atoms with Crippen LogP contribution in [0.3, 0.4) is 0 Å². The molecular weight excluding hydrogens is 815 g/mol. The van der Waals surface area contributed by atoms with Gasteiger partial charge in [-0.1, -0.05) is 6.42 Å². The van der Waals surface area contributed by atoms with Gasteiger partial charge in [-0.2, -0.15) is 21.1 Å². The smallest absolute Gasteiger partial charge is 0.440 e. The summed E-state index contributed by atoms with van der Waals surface area (Å²) in [6.45, 7) is -6.04. The molecule has 5 heterocycles. The molecule has 25 nitrogen and oxygen atoms in total. The zero-order chi connectivity index (χ0) is 38.7. The number of aliphatic hydroxyl groups is 1. The molecular formula is C23H36N9O16P3S2. The molecule has 5 rings (SSSR count). The van der Waals surface area contributed by atoms with Gasteiger partial charge < -0.3 is 61.2 Å². The highest BCUT2D eigenvalue weighted by Gasteiger charge is 2.50. The van der Waals surface area contributed by atoms with Crippen LogP contribution >= 0.6 is 34.1 Å². The van der Waals surface area contributed by atoms with Crippen LogP contribution in [0.25, 0.3) is 11.2 Å². The van der Waals surface area contributed by atoms with E-state index >= 15 is 0 Å². The number of amides is 4. The zero-order valence-corrected chi connectivity index (χ0v) is 31.4. The number of rotatable bonds is 17. The number of aromatic amines is 1. The number of unbranched alkanes of at least 4 members (excludes halogenated alkanes) is 1. The van der Waals surface area contributed by atoms with Crippen molar-refractivity contribution >= 4 is 81.1 Å². The fourth-order valence-corrected chi connectivity index (χ4v) is 11.1. The summed E-state index contributed by atoms with van der Waals surface area (Å²) in [7, 11) is -11.2. The summed E-state index contributed by atoms with van der Waals surface area (Å²) < 4.78 is 48.9. The lowest BCUT2D eigenvalue weighted by molar-refractivity contribution is -0.121. The number of nitrogen functional groups attached to an aromatic ring is 1. The van der Waals surface area contributed by atoms with Crippen molar-refractivity contribution in [2.24, 2.45) is 0 Å². The number of aliphatic hydroxyl groups excluding tert-OH is 1. The van der Waals surface area contributed by atoms with E-state index in [0.29, 0.717) is 6.42 Å². The number of aromatic nitrogens is 4. The molecule has 30 heteroatoms. The second kappa shape index (κ2) is 17.0.